The Morgan fingerprint density at radius 1 is 1.15 bits per heavy atom. The number of halogens is 1. The Morgan fingerprint density at radius 2 is 1.85 bits per heavy atom. The average Bonchev–Trinajstić information content (AvgIpc) is 2.37. The van der Waals surface area contributed by atoms with E-state index in [0.29, 0.717) is 12.0 Å². The summed E-state index contributed by atoms with van der Waals surface area (Å²) in [5.74, 6) is 0.892. The Kier molecular flexibility index (Phi) is 11.5. The summed E-state index contributed by atoms with van der Waals surface area (Å²) in [7, 11) is 3.48. The van der Waals surface area contributed by atoms with Crippen molar-refractivity contribution < 1.29 is 9.47 Å². The van der Waals surface area contributed by atoms with Crippen molar-refractivity contribution in [2.24, 2.45) is 10.4 Å². The third-order valence-electron chi connectivity index (χ3n) is 3.77. The molecule has 0 atom stereocenters. The molecule has 0 unspecified atom stereocenters. The van der Waals surface area contributed by atoms with Gasteiger partial charge in [0.2, 0.25) is 0 Å². The number of nitrogens with one attached hydrogen (secondary N) is 2. The minimum Gasteiger partial charge on any atom is -0.385 e. The second-order valence-corrected chi connectivity index (χ2v) is 5.21. The van der Waals surface area contributed by atoms with Crippen LogP contribution in [-0.2, 0) is 9.47 Å². The van der Waals surface area contributed by atoms with Crippen LogP contribution in [0.2, 0.25) is 0 Å². The van der Waals surface area contributed by atoms with Crippen LogP contribution in [0.15, 0.2) is 4.99 Å². The lowest BCUT2D eigenvalue weighted by Gasteiger charge is -2.40. The third kappa shape index (κ3) is 7.08. The number of hydrogen-bond donors (Lipinski definition) is 2. The number of methoxy groups -OCH3 is 2. The van der Waals surface area contributed by atoms with Crippen LogP contribution in [0.3, 0.4) is 0 Å². The molecule has 0 aromatic carbocycles. The Balaban J connectivity index is 0.00000361. The quantitative estimate of drug-likeness (QED) is 0.270. The summed E-state index contributed by atoms with van der Waals surface area (Å²) in [6.07, 6.45) is 4.99. The fourth-order valence-electron chi connectivity index (χ4n) is 2.34. The lowest BCUT2D eigenvalue weighted by molar-refractivity contribution is 0.0778. The highest BCUT2D eigenvalue weighted by Gasteiger charge is 2.36. The van der Waals surface area contributed by atoms with Crippen molar-refractivity contribution in [1.82, 2.24) is 10.6 Å². The molecule has 1 aliphatic carbocycles. The molecule has 0 saturated heterocycles. The van der Waals surface area contributed by atoms with Crippen LogP contribution >= 0.6 is 24.0 Å². The van der Waals surface area contributed by atoms with Crippen LogP contribution in [0.5, 0.6) is 0 Å². The van der Waals surface area contributed by atoms with Crippen molar-refractivity contribution in [1.29, 1.82) is 0 Å². The number of nitrogens with zero attached hydrogens (tertiary/aromatic N) is 1. The number of ether oxygens (including phenoxy) is 2. The van der Waals surface area contributed by atoms with Crippen molar-refractivity contribution in [3.63, 3.8) is 0 Å². The summed E-state index contributed by atoms with van der Waals surface area (Å²) in [6.45, 7) is 6.16. The highest BCUT2D eigenvalue weighted by molar-refractivity contribution is 14.0. The van der Waals surface area contributed by atoms with E-state index in [9.17, 15) is 0 Å². The van der Waals surface area contributed by atoms with E-state index in [1.54, 1.807) is 14.2 Å². The zero-order chi connectivity index (χ0) is 14.0. The molecule has 0 aliphatic heterocycles. The van der Waals surface area contributed by atoms with Gasteiger partial charge < -0.3 is 20.1 Å². The van der Waals surface area contributed by atoms with Crippen LogP contribution in [0.25, 0.3) is 0 Å². The van der Waals surface area contributed by atoms with Crippen molar-refractivity contribution in [2.45, 2.75) is 32.6 Å². The molecule has 0 radical (unpaired) electrons. The predicted octanol–water partition coefficient (Wildman–Crippen LogP) is 2.01. The Hall–Kier alpha value is -0.0800. The van der Waals surface area contributed by atoms with E-state index in [2.05, 4.69) is 17.6 Å². The first-order valence-corrected chi connectivity index (χ1v) is 7.26. The van der Waals surface area contributed by atoms with E-state index in [0.717, 1.165) is 38.6 Å². The molecule has 0 aromatic rings. The van der Waals surface area contributed by atoms with Gasteiger partial charge in [0.25, 0.3) is 0 Å². The summed E-state index contributed by atoms with van der Waals surface area (Å²) in [5, 5.41) is 6.55. The highest BCUT2D eigenvalue weighted by atomic mass is 127. The van der Waals surface area contributed by atoms with Gasteiger partial charge in [0, 0.05) is 40.5 Å². The maximum Gasteiger partial charge on any atom is 0.191 e. The number of rotatable bonds is 9. The molecule has 0 aromatic heterocycles. The molecule has 0 heterocycles. The fourth-order valence-corrected chi connectivity index (χ4v) is 2.34. The Bertz CT molecular complexity index is 271. The predicted molar refractivity (Wildman–Crippen MR) is 94.0 cm³/mol. The SMILES string of the molecule is CCNC(=NCC1(CCOC)CCC1)NCCOC.I. The molecule has 20 heavy (non-hydrogen) atoms. The molecule has 0 spiro atoms. The van der Waals surface area contributed by atoms with Gasteiger partial charge in [-0.2, -0.15) is 0 Å². The van der Waals surface area contributed by atoms with Crippen LogP contribution in [-0.4, -0.2) is 53.0 Å². The third-order valence-corrected chi connectivity index (χ3v) is 3.77. The fraction of sp³-hybridized carbons (Fsp3) is 0.929. The van der Waals surface area contributed by atoms with Crippen LogP contribution in [0, 0.1) is 5.41 Å². The first-order chi connectivity index (χ1) is 9.26. The maximum absolute atomic E-state index is 5.21. The lowest BCUT2D eigenvalue weighted by Crippen LogP contribution is -2.41. The topological polar surface area (TPSA) is 54.9 Å². The molecule has 120 valence electrons. The van der Waals surface area contributed by atoms with Crippen LogP contribution in [0.4, 0.5) is 0 Å². The molecular formula is C14H30IN3O2. The summed E-state index contributed by atoms with van der Waals surface area (Å²) in [4.78, 5) is 4.72. The van der Waals surface area contributed by atoms with E-state index >= 15 is 0 Å². The van der Waals surface area contributed by atoms with Gasteiger partial charge in [-0.15, -0.1) is 24.0 Å². The van der Waals surface area contributed by atoms with Crippen molar-refractivity contribution >= 4 is 29.9 Å². The first kappa shape index (κ1) is 19.9. The number of aliphatic imine (C=N–C) groups is 1. The zero-order valence-electron chi connectivity index (χ0n) is 13.0. The zero-order valence-corrected chi connectivity index (χ0v) is 15.4. The Labute approximate surface area is 140 Å². The second-order valence-electron chi connectivity index (χ2n) is 5.21. The lowest BCUT2D eigenvalue weighted by atomic mass is 9.67. The summed E-state index contributed by atoms with van der Waals surface area (Å²) >= 11 is 0. The van der Waals surface area contributed by atoms with E-state index in [1.165, 1.54) is 19.3 Å². The first-order valence-electron chi connectivity index (χ1n) is 7.26. The van der Waals surface area contributed by atoms with E-state index in [4.69, 9.17) is 14.5 Å². The van der Waals surface area contributed by atoms with Gasteiger partial charge in [0.1, 0.15) is 0 Å². The largest absolute Gasteiger partial charge is 0.385 e. The van der Waals surface area contributed by atoms with Gasteiger partial charge in [0.15, 0.2) is 5.96 Å². The van der Waals surface area contributed by atoms with Gasteiger partial charge in [-0.25, -0.2) is 0 Å². The van der Waals surface area contributed by atoms with Gasteiger partial charge in [0.05, 0.1) is 6.61 Å². The molecule has 0 bridgehead atoms. The number of hydrogen-bond acceptors (Lipinski definition) is 3. The molecule has 0 amide bonds. The summed E-state index contributed by atoms with van der Waals surface area (Å²) in [6, 6.07) is 0. The monoisotopic (exact) mass is 399 g/mol. The van der Waals surface area contributed by atoms with Crippen LogP contribution in [0.1, 0.15) is 32.6 Å². The average molecular weight is 399 g/mol. The van der Waals surface area contributed by atoms with Crippen molar-refractivity contribution in [3.05, 3.63) is 0 Å². The van der Waals surface area contributed by atoms with Gasteiger partial charge in [-0.3, -0.25) is 4.99 Å². The second kappa shape index (κ2) is 11.6. The Morgan fingerprint density at radius 3 is 2.35 bits per heavy atom. The molecule has 1 aliphatic rings. The molecule has 2 N–H and O–H groups in total. The molecule has 1 rings (SSSR count). The van der Waals surface area contributed by atoms with E-state index < -0.39 is 0 Å². The van der Waals surface area contributed by atoms with E-state index in [-0.39, 0.29) is 24.0 Å². The standard InChI is InChI=1S/C14H29N3O2.HI/c1-4-15-13(16-9-11-19-3)17-12-14(6-5-7-14)8-10-18-2;/h4-12H2,1-3H3,(H2,15,16,17);1H. The minimum absolute atomic E-state index is 0. The van der Waals surface area contributed by atoms with E-state index in [1.807, 2.05) is 0 Å². The normalized spacial score (nSPS) is 17.1. The minimum atomic E-state index is 0. The smallest absolute Gasteiger partial charge is 0.191 e. The van der Waals surface area contributed by atoms with Gasteiger partial charge in [-0.05, 0) is 31.6 Å². The molecule has 1 fully saturated rings. The number of guanidine groups is 1. The van der Waals surface area contributed by atoms with Crippen molar-refractivity contribution in [3.8, 4) is 0 Å². The molecular weight excluding hydrogens is 369 g/mol. The summed E-state index contributed by atoms with van der Waals surface area (Å²) in [5.41, 5.74) is 0.375. The van der Waals surface area contributed by atoms with Gasteiger partial charge in [-0.1, -0.05) is 6.42 Å². The highest BCUT2D eigenvalue weighted by Crippen LogP contribution is 2.44. The van der Waals surface area contributed by atoms with Gasteiger partial charge >= 0.3 is 0 Å². The van der Waals surface area contributed by atoms with Crippen LogP contribution < -0.4 is 10.6 Å². The molecule has 5 nitrogen and oxygen atoms in total. The van der Waals surface area contributed by atoms with Crippen molar-refractivity contribution in [2.75, 3.05) is 47.1 Å². The molecule has 6 heteroatoms. The maximum atomic E-state index is 5.21. The molecule has 1 saturated carbocycles. The summed E-state index contributed by atoms with van der Waals surface area (Å²) < 4.78 is 10.3.